The lowest BCUT2D eigenvalue weighted by molar-refractivity contribution is -0.358. The van der Waals surface area contributed by atoms with Gasteiger partial charge in [0.1, 0.15) is 0 Å². The van der Waals surface area contributed by atoms with Crippen LogP contribution in [0.25, 0.3) is 0 Å². The van der Waals surface area contributed by atoms with Gasteiger partial charge in [-0.05, 0) is 75.0 Å². The molecule has 0 unspecified atom stereocenters. The van der Waals surface area contributed by atoms with E-state index in [9.17, 15) is 35.9 Å². The first-order valence-electron chi connectivity index (χ1n) is 9.89. The van der Waals surface area contributed by atoms with E-state index in [2.05, 4.69) is 16.1 Å². The second-order valence-electron chi connectivity index (χ2n) is 9.15. The summed E-state index contributed by atoms with van der Waals surface area (Å²) in [5.41, 5.74) is -6.31. The van der Waals surface area contributed by atoms with E-state index < -0.39 is 42.1 Å². The standard InChI is InChI=1S/C20H24F6O4/c1-11(2)15(27)30-18(19(21,22)23,20(24,25)26)16(28)29-4-3-17-8-12-5-13(9-17)7-14(6-12)10-17/h12-14H,1,3-10H2,2H3. The predicted molar refractivity (Wildman–Crippen MR) is 91.9 cm³/mol. The zero-order chi connectivity index (χ0) is 22.5. The highest BCUT2D eigenvalue weighted by molar-refractivity contribution is 5.92. The number of alkyl halides is 6. The molecule has 0 heterocycles. The zero-order valence-corrected chi connectivity index (χ0v) is 16.5. The lowest BCUT2D eigenvalue weighted by atomic mass is 9.49. The molecule has 4 aliphatic rings. The van der Waals surface area contributed by atoms with Crippen molar-refractivity contribution in [1.82, 2.24) is 0 Å². The van der Waals surface area contributed by atoms with Crippen molar-refractivity contribution in [1.29, 1.82) is 0 Å². The van der Waals surface area contributed by atoms with Crippen molar-refractivity contribution in [3.05, 3.63) is 12.2 Å². The number of rotatable bonds is 6. The van der Waals surface area contributed by atoms with E-state index in [0.717, 1.165) is 45.4 Å². The number of halogens is 6. The third-order valence-electron chi connectivity index (χ3n) is 6.71. The van der Waals surface area contributed by atoms with Gasteiger partial charge < -0.3 is 9.47 Å². The van der Waals surface area contributed by atoms with E-state index in [0.29, 0.717) is 17.8 Å². The second kappa shape index (κ2) is 7.44. The predicted octanol–water partition coefficient (Wildman–Crippen LogP) is 5.12. The summed E-state index contributed by atoms with van der Waals surface area (Å²) in [6, 6.07) is 0. The minimum absolute atomic E-state index is 0.197. The van der Waals surface area contributed by atoms with E-state index in [-0.39, 0.29) is 11.8 Å². The van der Waals surface area contributed by atoms with Gasteiger partial charge in [-0.1, -0.05) is 6.58 Å². The summed E-state index contributed by atoms with van der Waals surface area (Å²) >= 11 is 0. The summed E-state index contributed by atoms with van der Waals surface area (Å²) in [5.74, 6) is -3.10. The van der Waals surface area contributed by atoms with Crippen LogP contribution in [0, 0.1) is 23.2 Å². The molecule has 4 nitrogen and oxygen atoms in total. The molecule has 4 rings (SSSR count). The van der Waals surface area contributed by atoms with Crippen LogP contribution in [0.2, 0.25) is 0 Å². The highest BCUT2D eigenvalue weighted by Gasteiger charge is 2.80. The Bertz CT molecular complexity index is 675. The molecule has 0 radical (unpaired) electrons. The molecule has 0 saturated heterocycles. The minimum Gasteiger partial charge on any atom is -0.462 e. The molecule has 4 bridgehead atoms. The highest BCUT2D eigenvalue weighted by atomic mass is 19.4. The van der Waals surface area contributed by atoms with E-state index in [1.165, 1.54) is 0 Å². The Morgan fingerprint density at radius 3 is 1.73 bits per heavy atom. The molecule has 0 N–H and O–H groups in total. The molecule has 0 amide bonds. The molecular formula is C20H24F6O4. The van der Waals surface area contributed by atoms with Gasteiger partial charge in [-0.25, -0.2) is 9.59 Å². The minimum atomic E-state index is -6.26. The maximum atomic E-state index is 13.5. The van der Waals surface area contributed by atoms with Crippen molar-refractivity contribution >= 4 is 11.9 Å². The zero-order valence-electron chi connectivity index (χ0n) is 16.5. The summed E-state index contributed by atoms with van der Waals surface area (Å²) in [6.07, 6.45) is -6.42. The summed E-state index contributed by atoms with van der Waals surface area (Å²) in [6.45, 7) is 3.25. The molecule has 0 aliphatic heterocycles. The summed E-state index contributed by atoms with van der Waals surface area (Å²) < 4.78 is 88.9. The van der Waals surface area contributed by atoms with Crippen LogP contribution in [0.5, 0.6) is 0 Å². The first kappa shape index (κ1) is 22.9. The van der Waals surface area contributed by atoms with Crippen LogP contribution >= 0.6 is 0 Å². The molecule has 0 atom stereocenters. The van der Waals surface area contributed by atoms with Gasteiger partial charge in [-0.2, -0.15) is 26.3 Å². The molecule has 4 saturated carbocycles. The average Bonchev–Trinajstić information content (AvgIpc) is 2.55. The Morgan fingerprint density at radius 1 is 0.933 bits per heavy atom. The summed E-state index contributed by atoms with van der Waals surface area (Å²) in [7, 11) is 0. The van der Waals surface area contributed by atoms with Crippen LogP contribution < -0.4 is 0 Å². The van der Waals surface area contributed by atoms with E-state index in [1.807, 2.05) is 0 Å². The van der Waals surface area contributed by atoms with Crippen LogP contribution in [0.15, 0.2) is 12.2 Å². The largest absolute Gasteiger partial charge is 0.462 e. The SMILES string of the molecule is C=C(C)C(=O)OC(C(=O)OCCC12CC3CC(CC(C3)C1)C2)(C(F)(F)F)C(F)(F)F. The normalized spacial score (nSPS) is 30.8. The monoisotopic (exact) mass is 442 g/mol. The van der Waals surface area contributed by atoms with Gasteiger partial charge in [0.2, 0.25) is 0 Å². The second-order valence-corrected chi connectivity index (χ2v) is 9.15. The summed E-state index contributed by atoms with van der Waals surface area (Å²) in [4.78, 5) is 23.7. The number of hydrogen-bond acceptors (Lipinski definition) is 4. The Morgan fingerprint density at radius 2 is 1.37 bits per heavy atom. The van der Waals surface area contributed by atoms with Crippen molar-refractivity contribution in [3.8, 4) is 0 Å². The fraction of sp³-hybridized carbons (Fsp3) is 0.800. The highest BCUT2D eigenvalue weighted by Crippen LogP contribution is 2.61. The van der Waals surface area contributed by atoms with Gasteiger partial charge in [0.05, 0.1) is 6.61 Å². The van der Waals surface area contributed by atoms with Gasteiger partial charge in [0, 0.05) is 5.57 Å². The lowest BCUT2D eigenvalue weighted by Crippen LogP contribution is -2.65. The smallest absolute Gasteiger partial charge is 0.449 e. The van der Waals surface area contributed by atoms with Crippen LogP contribution in [-0.4, -0.2) is 36.5 Å². The molecule has 4 fully saturated rings. The third-order valence-corrected chi connectivity index (χ3v) is 6.71. The number of ether oxygens (including phenoxy) is 2. The molecule has 10 heteroatoms. The van der Waals surface area contributed by atoms with Crippen molar-refractivity contribution in [2.75, 3.05) is 6.61 Å². The Labute approximate surface area is 170 Å². The van der Waals surface area contributed by atoms with E-state index in [4.69, 9.17) is 0 Å². The molecule has 0 aromatic heterocycles. The van der Waals surface area contributed by atoms with Gasteiger partial charge in [0.25, 0.3) is 0 Å². The van der Waals surface area contributed by atoms with Crippen LogP contribution in [-0.2, 0) is 19.1 Å². The van der Waals surface area contributed by atoms with Gasteiger partial charge in [-0.15, -0.1) is 0 Å². The lowest BCUT2D eigenvalue weighted by Gasteiger charge is -2.57. The van der Waals surface area contributed by atoms with Crippen molar-refractivity contribution in [2.45, 2.75) is 69.8 Å². The van der Waals surface area contributed by atoms with Crippen molar-refractivity contribution < 1.29 is 45.4 Å². The van der Waals surface area contributed by atoms with Crippen molar-refractivity contribution in [2.24, 2.45) is 23.2 Å². The first-order chi connectivity index (χ1) is 13.7. The quantitative estimate of drug-likeness (QED) is 0.326. The molecule has 0 aromatic carbocycles. The first-order valence-corrected chi connectivity index (χ1v) is 9.89. The van der Waals surface area contributed by atoms with E-state index in [1.54, 1.807) is 0 Å². The Hall–Kier alpha value is -1.74. The number of hydrogen-bond donors (Lipinski definition) is 0. The molecule has 170 valence electrons. The van der Waals surface area contributed by atoms with Crippen molar-refractivity contribution in [3.63, 3.8) is 0 Å². The third kappa shape index (κ3) is 3.93. The Kier molecular flexibility index (Phi) is 5.69. The van der Waals surface area contributed by atoms with Crippen LogP contribution in [0.4, 0.5) is 26.3 Å². The molecule has 0 spiro atoms. The molecule has 30 heavy (non-hydrogen) atoms. The van der Waals surface area contributed by atoms with Crippen LogP contribution in [0.3, 0.4) is 0 Å². The molecule has 0 aromatic rings. The number of carbonyl (C=O) groups excluding carboxylic acids is 2. The molecular weight excluding hydrogens is 418 g/mol. The number of carbonyl (C=O) groups is 2. The average molecular weight is 442 g/mol. The number of esters is 2. The maximum absolute atomic E-state index is 13.5. The Balaban J connectivity index is 1.75. The van der Waals surface area contributed by atoms with Gasteiger partial charge in [0.15, 0.2) is 0 Å². The maximum Gasteiger partial charge on any atom is 0.449 e. The van der Waals surface area contributed by atoms with Gasteiger partial charge >= 0.3 is 29.9 Å². The fourth-order valence-corrected chi connectivity index (χ4v) is 5.83. The van der Waals surface area contributed by atoms with Gasteiger partial charge in [-0.3, -0.25) is 0 Å². The fourth-order valence-electron chi connectivity index (χ4n) is 5.83. The summed E-state index contributed by atoms with van der Waals surface area (Å²) in [5, 5.41) is 0. The van der Waals surface area contributed by atoms with Crippen LogP contribution in [0.1, 0.15) is 51.9 Å². The topological polar surface area (TPSA) is 52.6 Å². The van der Waals surface area contributed by atoms with E-state index >= 15 is 0 Å². The molecule has 4 aliphatic carbocycles.